The van der Waals surface area contributed by atoms with E-state index in [1.165, 1.54) is 0 Å². The number of hydrogen-bond donors (Lipinski definition) is 2. The van der Waals surface area contributed by atoms with Crippen molar-refractivity contribution < 1.29 is 55.2 Å². The minimum absolute atomic E-state index is 0.597. The topological polar surface area (TPSA) is 306 Å². The predicted molar refractivity (Wildman–Crippen MR) is 219 cm³/mol. The molecule has 0 saturated heterocycles. The maximum atomic E-state index is 9.08. The lowest BCUT2D eigenvalue weighted by Crippen LogP contribution is -2.00. The fourth-order valence-electron chi connectivity index (χ4n) is 5.65. The van der Waals surface area contributed by atoms with Gasteiger partial charge < -0.3 is 29.6 Å². The summed E-state index contributed by atoms with van der Waals surface area (Å²) in [7, 11) is -7.83. The van der Waals surface area contributed by atoms with Gasteiger partial charge in [-0.3, -0.25) is 10.1 Å². The van der Waals surface area contributed by atoms with Crippen molar-refractivity contribution in [3.63, 3.8) is 0 Å². The van der Waals surface area contributed by atoms with Crippen LogP contribution in [-0.4, -0.2) is 90.8 Å². The van der Waals surface area contributed by atoms with Gasteiger partial charge in [0.25, 0.3) is 0 Å². The van der Waals surface area contributed by atoms with Gasteiger partial charge in [-0.15, -0.1) is 0 Å². The van der Waals surface area contributed by atoms with Crippen LogP contribution in [0, 0.1) is 0 Å². The summed E-state index contributed by atoms with van der Waals surface area (Å²) in [6, 6.07) is 32.2. The first-order valence-corrected chi connectivity index (χ1v) is 22.6. The monoisotopic (exact) mass is 894 g/mol. The molecule has 314 valence electrons. The van der Waals surface area contributed by atoms with E-state index in [2.05, 4.69) is 28.7 Å². The lowest BCUT2D eigenvalue weighted by Gasteiger charge is -1.96. The molecule has 0 saturated carbocycles. The van der Waals surface area contributed by atoms with Gasteiger partial charge in [-0.1, -0.05) is 97.1 Å². The smallest absolute Gasteiger partial charge is 0.164 e. The molecule has 2 N–H and O–H groups in total. The van der Waals surface area contributed by atoms with Crippen molar-refractivity contribution in [1.29, 1.82) is 0 Å². The number of nitrogens with zero attached hydrogens (tertiary/aromatic N) is 6. The van der Waals surface area contributed by atoms with Gasteiger partial charge in [-0.25, -0.2) is 46.7 Å². The Balaban J connectivity index is 0.000000287. The number of aromatic nitrogens is 8. The Bertz CT molecular complexity index is 2630. The zero-order chi connectivity index (χ0) is 43.5. The number of nitrogens with one attached hydrogen (secondary N) is 2. The molecule has 0 unspecified atom stereocenters. The number of benzene rings is 4. The van der Waals surface area contributed by atoms with E-state index in [0.29, 0.717) is 58.4 Å². The van der Waals surface area contributed by atoms with Crippen LogP contribution in [-0.2, 0) is 39.0 Å². The standard InChI is InChI=1S/C32H18N8.4CH4O3S/c1-2-10-18-17(9-1)25-33-26(18)38-28-21-13-5-6-14-22(21)30(35-28)40-32-24-16-8-7-15-23(24)31(36-32)39-29-20-12-4-3-11-19(20)27(34-29)37-25;2*1-5(2,3)4;2*1-5-4-3-2/h1-16H,(H2,33,34,35,36,37,38,39,40);2*1H3,(H,2,3,4);2*2H,1H3/p-4. The average Bonchev–Trinajstić information content (AvgIpc) is 3.94. The summed E-state index contributed by atoms with van der Waals surface area (Å²) in [5.74, 6) is 2.39. The molecule has 24 heteroatoms. The normalized spacial score (nSPS) is 11.3. The minimum Gasteiger partial charge on any atom is -0.748 e. The van der Waals surface area contributed by atoms with E-state index >= 15 is 0 Å². The molecule has 0 radical (unpaired) electrons. The summed E-state index contributed by atoms with van der Waals surface area (Å²) in [5.41, 5.74) is 6.45. The molecule has 60 heavy (non-hydrogen) atoms. The summed E-state index contributed by atoms with van der Waals surface area (Å²) >= 11 is 1.73. The molecule has 5 heterocycles. The van der Waals surface area contributed by atoms with E-state index in [1.54, 1.807) is 12.5 Å². The fraction of sp³-hybridized carbons (Fsp3) is 0.111. The molecule has 0 aliphatic carbocycles. The molecule has 0 spiro atoms. The van der Waals surface area contributed by atoms with E-state index in [-0.39, 0.29) is 0 Å². The summed E-state index contributed by atoms with van der Waals surface area (Å²) in [4.78, 5) is 36.8. The zero-order valence-electron chi connectivity index (χ0n) is 31.5. The Kier molecular flexibility index (Phi) is 15.7. The third-order valence-corrected chi connectivity index (χ3v) is 8.04. The number of aromatic amines is 2. The summed E-state index contributed by atoms with van der Waals surface area (Å²) in [5, 5.41) is 27.2. The molecule has 0 amide bonds. The summed E-state index contributed by atoms with van der Waals surface area (Å²) in [6.45, 7) is 0. The first-order valence-electron chi connectivity index (χ1n) is 16.6. The van der Waals surface area contributed by atoms with Gasteiger partial charge in [0.15, 0.2) is 23.3 Å². The fourth-order valence-corrected chi connectivity index (χ4v) is 5.76. The molecule has 4 aromatic carbocycles. The first kappa shape index (κ1) is 45.6. The van der Waals surface area contributed by atoms with Crippen molar-refractivity contribution in [3.8, 4) is 45.6 Å². The Morgan fingerprint density at radius 2 is 0.667 bits per heavy atom. The first-order chi connectivity index (χ1) is 28.6. The molecular formula is C36H30N8O12S4-4. The molecule has 9 rings (SSSR count). The maximum absolute atomic E-state index is 9.08. The van der Waals surface area contributed by atoms with Crippen molar-refractivity contribution in [2.75, 3.05) is 25.0 Å². The lowest BCUT2D eigenvalue weighted by atomic mass is 10.1. The number of fused-ring (bicyclic) bond motifs is 20. The van der Waals surface area contributed by atoms with Gasteiger partial charge in [0.2, 0.25) is 0 Å². The van der Waals surface area contributed by atoms with Crippen molar-refractivity contribution >= 4 is 88.5 Å². The van der Waals surface area contributed by atoms with E-state index < -0.39 is 20.2 Å². The lowest BCUT2D eigenvalue weighted by molar-refractivity contribution is -0.777. The third-order valence-electron chi connectivity index (χ3n) is 7.65. The SMILES string of the molecule is CS(=O)(=O)[O-].CS(=O)(=O)[O-].CSOO[O-].CSOO[O-].c1ccc2c(c1)-c1nc-2nc2[nH]c(nc3nc(nc4[nH]c(n1)c1ccccc41)-c1ccccc1-3)c1ccccc21. The Labute approximate surface area is 349 Å². The van der Waals surface area contributed by atoms with E-state index in [9.17, 15) is 0 Å². The predicted octanol–water partition coefficient (Wildman–Crippen LogP) is 4.17. The van der Waals surface area contributed by atoms with Crippen molar-refractivity contribution in [3.05, 3.63) is 97.1 Å². The molecule has 8 bridgehead atoms. The number of rotatable bonds is 4. The van der Waals surface area contributed by atoms with Crippen LogP contribution >= 0.6 is 24.1 Å². The van der Waals surface area contributed by atoms with Crippen LogP contribution in [0.25, 0.3) is 89.7 Å². The molecule has 3 aromatic heterocycles. The van der Waals surface area contributed by atoms with Crippen LogP contribution in [0.5, 0.6) is 0 Å². The Hall–Kier alpha value is -5.48. The molecular weight excluding hydrogens is 865 g/mol. The van der Waals surface area contributed by atoms with E-state index in [4.69, 9.17) is 66.4 Å². The second-order valence-electron chi connectivity index (χ2n) is 11.8. The quantitative estimate of drug-likeness (QED) is 0.108. The van der Waals surface area contributed by atoms with Gasteiger partial charge in [-0.05, 0) is 0 Å². The molecule has 2 aliphatic heterocycles. The molecule has 20 nitrogen and oxygen atoms in total. The zero-order valence-corrected chi connectivity index (χ0v) is 34.7. The number of H-pyrrole nitrogens is 2. The highest BCUT2D eigenvalue weighted by atomic mass is 32.2. The Morgan fingerprint density at radius 1 is 0.450 bits per heavy atom. The van der Waals surface area contributed by atoms with Crippen LogP contribution in [0.4, 0.5) is 0 Å². The van der Waals surface area contributed by atoms with Crippen LogP contribution in [0.3, 0.4) is 0 Å². The van der Waals surface area contributed by atoms with Gasteiger partial charge in [-0.2, -0.15) is 8.67 Å². The van der Waals surface area contributed by atoms with Gasteiger partial charge >= 0.3 is 0 Å². The van der Waals surface area contributed by atoms with Gasteiger partial charge in [0, 0.05) is 92.9 Å². The summed E-state index contributed by atoms with van der Waals surface area (Å²) in [6.07, 6.45) is 4.37. The second-order valence-corrected chi connectivity index (χ2v) is 15.6. The summed E-state index contributed by atoms with van der Waals surface area (Å²) < 4.78 is 61.8. The van der Waals surface area contributed by atoms with Crippen molar-refractivity contribution in [2.45, 2.75) is 0 Å². The van der Waals surface area contributed by atoms with Gasteiger partial charge in [0.1, 0.15) is 22.6 Å². The van der Waals surface area contributed by atoms with Crippen molar-refractivity contribution in [1.82, 2.24) is 39.9 Å². The van der Waals surface area contributed by atoms with Gasteiger partial charge in [0.05, 0.1) is 20.2 Å². The van der Waals surface area contributed by atoms with Crippen LogP contribution in [0.15, 0.2) is 97.1 Å². The maximum Gasteiger partial charge on any atom is 0.164 e. The largest absolute Gasteiger partial charge is 0.748 e. The van der Waals surface area contributed by atoms with Crippen molar-refractivity contribution in [2.24, 2.45) is 0 Å². The van der Waals surface area contributed by atoms with E-state index in [0.717, 1.165) is 67.9 Å². The molecule has 7 aromatic rings. The molecule has 2 aliphatic rings. The van der Waals surface area contributed by atoms with E-state index in [1.807, 2.05) is 97.1 Å². The number of hydrogen-bond acceptors (Lipinski definition) is 20. The molecule has 0 atom stereocenters. The van der Waals surface area contributed by atoms with Crippen LogP contribution in [0.1, 0.15) is 0 Å². The highest BCUT2D eigenvalue weighted by Gasteiger charge is 2.21. The van der Waals surface area contributed by atoms with Crippen LogP contribution < -0.4 is 10.5 Å². The minimum atomic E-state index is -3.92. The highest BCUT2D eigenvalue weighted by molar-refractivity contribution is 7.94. The Morgan fingerprint density at radius 3 is 0.850 bits per heavy atom. The van der Waals surface area contributed by atoms with Crippen LogP contribution in [0.2, 0.25) is 0 Å². The second kappa shape index (κ2) is 20.7. The molecule has 0 fully saturated rings. The third kappa shape index (κ3) is 12.3. The average molecular weight is 895 g/mol. The highest BCUT2D eigenvalue weighted by Crippen LogP contribution is 2.36.